The van der Waals surface area contributed by atoms with E-state index in [-0.39, 0.29) is 16.9 Å². The first kappa shape index (κ1) is 9.02. The second-order valence-electron chi connectivity index (χ2n) is 2.23. The smallest absolute Gasteiger partial charge is 0.162 e. The highest BCUT2D eigenvalue weighted by Gasteiger charge is 2.12. The van der Waals surface area contributed by atoms with Gasteiger partial charge in [0.05, 0.1) is 12.7 Å². The minimum Gasteiger partial charge on any atom is -0.495 e. The molecule has 0 N–H and O–H groups in total. The fourth-order valence-electron chi connectivity index (χ4n) is 0.919. The van der Waals surface area contributed by atoms with Gasteiger partial charge in [0.25, 0.3) is 0 Å². The van der Waals surface area contributed by atoms with Crippen LogP contribution in [0.1, 0.15) is 11.1 Å². The maximum Gasteiger partial charge on any atom is 0.162 e. The van der Waals surface area contributed by atoms with Gasteiger partial charge in [-0.1, -0.05) is 0 Å². The molecular weight excluding hydrogens is 171 g/mol. The predicted molar refractivity (Wildman–Crippen MR) is 42.4 cm³/mol. The Morgan fingerprint density at radius 2 is 2.00 bits per heavy atom. The number of ether oxygens (including phenoxy) is 1. The quantitative estimate of drug-likeness (QED) is 0.652. The summed E-state index contributed by atoms with van der Waals surface area (Å²) in [5, 5.41) is 17.0. The molecule has 1 aromatic carbocycles. The van der Waals surface area contributed by atoms with Crippen LogP contribution in [0.15, 0.2) is 12.1 Å². The maximum absolute atomic E-state index is 13.2. The Morgan fingerprint density at radius 3 is 2.46 bits per heavy atom. The molecule has 0 aliphatic carbocycles. The molecule has 0 atom stereocenters. The molecule has 3 nitrogen and oxygen atoms in total. The van der Waals surface area contributed by atoms with Gasteiger partial charge in [-0.2, -0.15) is 10.5 Å². The van der Waals surface area contributed by atoms with E-state index in [0.717, 1.165) is 0 Å². The molecule has 0 fully saturated rings. The van der Waals surface area contributed by atoms with Crippen LogP contribution in [-0.2, 0) is 0 Å². The van der Waals surface area contributed by atoms with Gasteiger partial charge in [-0.25, -0.2) is 4.39 Å². The van der Waals surface area contributed by atoms with E-state index in [1.807, 2.05) is 0 Å². The summed E-state index contributed by atoms with van der Waals surface area (Å²) in [6.07, 6.45) is 0. The van der Waals surface area contributed by atoms with Gasteiger partial charge in [0.15, 0.2) is 5.82 Å². The SMILES string of the molecule is COc1ccc(C#N)c(F)c1C#N. The van der Waals surface area contributed by atoms with Crippen LogP contribution in [0.4, 0.5) is 4.39 Å². The van der Waals surface area contributed by atoms with Crippen LogP contribution in [0, 0.1) is 28.5 Å². The zero-order valence-corrected chi connectivity index (χ0v) is 6.84. The molecular formula is C9H5FN2O. The van der Waals surface area contributed by atoms with E-state index in [1.165, 1.54) is 19.2 Å². The largest absolute Gasteiger partial charge is 0.495 e. The van der Waals surface area contributed by atoms with Gasteiger partial charge in [0, 0.05) is 0 Å². The van der Waals surface area contributed by atoms with Crippen LogP contribution in [0.25, 0.3) is 0 Å². The average Bonchev–Trinajstić information content (AvgIpc) is 2.17. The minimum absolute atomic E-state index is 0.138. The second-order valence-corrected chi connectivity index (χ2v) is 2.23. The normalized spacial score (nSPS) is 8.62. The highest BCUT2D eigenvalue weighted by molar-refractivity contribution is 5.49. The Labute approximate surface area is 74.6 Å². The first-order valence-electron chi connectivity index (χ1n) is 3.41. The van der Waals surface area contributed by atoms with Crippen LogP contribution in [0.5, 0.6) is 5.75 Å². The Kier molecular flexibility index (Phi) is 2.47. The molecule has 0 amide bonds. The third-order valence-corrected chi connectivity index (χ3v) is 1.56. The summed E-state index contributed by atoms with van der Waals surface area (Å²) in [7, 11) is 1.33. The van der Waals surface area contributed by atoms with Gasteiger partial charge < -0.3 is 4.74 Å². The van der Waals surface area contributed by atoms with E-state index in [0.29, 0.717) is 0 Å². The van der Waals surface area contributed by atoms with Crippen molar-refractivity contribution < 1.29 is 9.13 Å². The highest BCUT2D eigenvalue weighted by atomic mass is 19.1. The van der Waals surface area contributed by atoms with Crippen molar-refractivity contribution in [1.29, 1.82) is 10.5 Å². The molecule has 13 heavy (non-hydrogen) atoms. The lowest BCUT2D eigenvalue weighted by molar-refractivity contribution is 0.409. The highest BCUT2D eigenvalue weighted by Crippen LogP contribution is 2.22. The molecule has 1 aromatic rings. The number of hydrogen-bond acceptors (Lipinski definition) is 3. The van der Waals surface area contributed by atoms with Crippen LogP contribution < -0.4 is 4.74 Å². The maximum atomic E-state index is 13.2. The fourth-order valence-corrected chi connectivity index (χ4v) is 0.919. The van der Waals surface area contributed by atoms with Crippen molar-refractivity contribution in [2.45, 2.75) is 0 Å². The van der Waals surface area contributed by atoms with E-state index < -0.39 is 5.82 Å². The standard InChI is InChI=1S/C9H5FN2O/c1-13-8-3-2-6(4-11)9(10)7(8)5-12/h2-3H,1H3. The van der Waals surface area contributed by atoms with Crippen LogP contribution >= 0.6 is 0 Å². The average molecular weight is 176 g/mol. The number of methoxy groups -OCH3 is 1. The molecule has 0 spiro atoms. The Hall–Kier alpha value is -2.07. The monoisotopic (exact) mass is 176 g/mol. The number of rotatable bonds is 1. The fraction of sp³-hybridized carbons (Fsp3) is 0.111. The van der Waals surface area contributed by atoms with E-state index in [2.05, 4.69) is 0 Å². The van der Waals surface area contributed by atoms with Gasteiger partial charge in [0.1, 0.15) is 23.5 Å². The number of nitrogens with zero attached hydrogens (tertiary/aromatic N) is 2. The first-order valence-corrected chi connectivity index (χ1v) is 3.41. The number of benzene rings is 1. The molecule has 0 aliphatic heterocycles. The number of hydrogen-bond donors (Lipinski definition) is 0. The summed E-state index contributed by atoms with van der Waals surface area (Å²) in [5.41, 5.74) is -0.390. The van der Waals surface area contributed by atoms with Gasteiger partial charge in [0.2, 0.25) is 0 Å². The summed E-state index contributed by atoms with van der Waals surface area (Å²) in [6, 6.07) is 5.94. The predicted octanol–water partition coefficient (Wildman–Crippen LogP) is 1.58. The molecule has 0 heterocycles. The second kappa shape index (κ2) is 3.55. The van der Waals surface area contributed by atoms with E-state index in [1.54, 1.807) is 12.1 Å². The van der Waals surface area contributed by atoms with E-state index in [4.69, 9.17) is 15.3 Å². The van der Waals surface area contributed by atoms with Crippen molar-refractivity contribution in [2.75, 3.05) is 7.11 Å². The zero-order valence-electron chi connectivity index (χ0n) is 6.84. The molecule has 0 radical (unpaired) electrons. The van der Waals surface area contributed by atoms with Gasteiger partial charge in [-0.05, 0) is 12.1 Å². The molecule has 0 saturated heterocycles. The van der Waals surface area contributed by atoms with Crippen molar-refractivity contribution in [2.24, 2.45) is 0 Å². The Morgan fingerprint density at radius 1 is 1.31 bits per heavy atom. The molecule has 1 rings (SSSR count). The zero-order chi connectivity index (χ0) is 9.84. The van der Waals surface area contributed by atoms with Crippen LogP contribution in [0.2, 0.25) is 0 Å². The lowest BCUT2D eigenvalue weighted by Gasteiger charge is -2.03. The Bertz CT molecular complexity index is 415. The number of nitriles is 2. The van der Waals surface area contributed by atoms with Gasteiger partial charge in [-0.15, -0.1) is 0 Å². The van der Waals surface area contributed by atoms with Crippen molar-refractivity contribution >= 4 is 0 Å². The summed E-state index contributed by atoms with van der Waals surface area (Å²) >= 11 is 0. The molecule has 0 aliphatic rings. The topological polar surface area (TPSA) is 56.8 Å². The molecule has 0 unspecified atom stereocenters. The summed E-state index contributed by atoms with van der Waals surface area (Å²) < 4.78 is 17.9. The van der Waals surface area contributed by atoms with Crippen molar-refractivity contribution in [3.05, 3.63) is 29.1 Å². The lowest BCUT2D eigenvalue weighted by atomic mass is 10.1. The number of halogens is 1. The lowest BCUT2D eigenvalue weighted by Crippen LogP contribution is -1.94. The van der Waals surface area contributed by atoms with Gasteiger partial charge in [-0.3, -0.25) is 0 Å². The van der Waals surface area contributed by atoms with Gasteiger partial charge >= 0.3 is 0 Å². The summed E-state index contributed by atoms with van der Waals surface area (Å²) in [6.45, 7) is 0. The van der Waals surface area contributed by atoms with E-state index >= 15 is 0 Å². The first-order chi connectivity index (χ1) is 6.24. The molecule has 64 valence electrons. The van der Waals surface area contributed by atoms with Crippen molar-refractivity contribution in [3.63, 3.8) is 0 Å². The summed E-state index contributed by atoms with van der Waals surface area (Å²) in [4.78, 5) is 0. The van der Waals surface area contributed by atoms with E-state index in [9.17, 15) is 4.39 Å². The van der Waals surface area contributed by atoms with Crippen molar-refractivity contribution in [3.8, 4) is 17.9 Å². The minimum atomic E-state index is -0.829. The molecule has 0 aromatic heterocycles. The van der Waals surface area contributed by atoms with Crippen LogP contribution in [0.3, 0.4) is 0 Å². The van der Waals surface area contributed by atoms with Crippen LogP contribution in [-0.4, -0.2) is 7.11 Å². The summed E-state index contributed by atoms with van der Waals surface area (Å²) in [5.74, 6) is -0.691. The van der Waals surface area contributed by atoms with Crippen molar-refractivity contribution in [1.82, 2.24) is 0 Å². The third kappa shape index (κ3) is 1.43. The Balaban J connectivity index is 3.45. The molecule has 0 saturated carbocycles. The molecule has 4 heteroatoms. The third-order valence-electron chi connectivity index (χ3n) is 1.56. The molecule has 0 bridgehead atoms.